The fourth-order valence-corrected chi connectivity index (χ4v) is 0.785. The molecule has 8 heavy (non-hydrogen) atoms. The van der Waals surface area contributed by atoms with Crippen LogP contribution in [0.1, 0.15) is 12.8 Å². The van der Waals surface area contributed by atoms with Crippen LogP contribution in [0.25, 0.3) is 0 Å². The number of ether oxygens (including phenoxy) is 1. The topological polar surface area (TPSA) is 35.2 Å². The Morgan fingerprint density at radius 2 is 2.62 bits per heavy atom. The van der Waals surface area contributed by atoms with Gasteiger partial charge < -0.3 is 10.5 Å². The lowest BCUT2D eigenvalue weighted by molar-refractivity contribution is 0.235. The molecule has 2 heteroatoms. The van der Waals surface area contributed by atoms with Crippen LogP contribution in [0.3, 0.4) is 0 Å². The van der Waals surface area contributed by atoms with Crippen LogP contribution in [0.15, 0.2) is 11.8 Å². The quantitative estimate of drug-likeness (QED) is 0.570. The molecule has 2 nitrogen and oxygen atoms in total. The van der Waals surface area contributed by atoms with Crippen LogP contribution in [0.2, 0.25) is 0 Å². The van der Waals surface area contributed by atoms with Crippen LogP contribution in [0, 0.1) is 0 Å². The average molecular weight is 113 g/mol. The molecule has 0 radical (unpaired) electrons. The van der Waals surface area contributed by atoms with Crippen molar-refractivity contribution < 1.29 is 4.74 Å². The molecule has 46 valence electrons. The summed E-state index contributed by atoms with van der Waals surface area (Å²) in [5.74, 6) is 1.08. The minimum Gasteiger partial charge on any atom is -0.498 e. The molecule has 0 spiro atoms. The Hall–Kier alpha value is -0.500. The summed E-state index contributed by atoms with van der Waals surface area (Å²) < 4.78 is 5.17. The first kappa shape index (κ1) is 5.63. The molecule has 0 aromatic rings. The highest BCUT2D eigenvalue weighted by atomic mass is 16.5. The second-order valence-corrected chi connectivity index (χ2v) is 1.85. The van der Waals surface area contributed by atoms with E-state index in [0.717, 1.165) is 25.2 Å². The highest BCUT2D eigenvalue weighted by Crippen LogP contribution is 2.10. The molecule has 0 amide bonds. The average Bonchev–Trinajstić information content (AvgIpc) is 2.19. The van der Waals surface area contributed by atoms with Gasteiger partial charge in [0, 0.05) is 12.8 Å². The lowest BCUT2D eigenvalue weighted by atomic mass is 10.3. The molecule has 0 unspecified atom stereocenters. The van der Waals surface area contributed by atoms with E-state index in [2.05, 4.69) is 6.08 Å². The zero-order chi connectivity index (χ0) is 5.82. The van der Waals surface area contributed by atoms with E-state index in [9.17, 15) is 0 Å². The Balaban J connectivity index is 2.23. The van der Waals surface area contributed by atoms with Crippen molar-refractivity contribution in [2.24, 2.45) is 5.73 Å². The lowest BCUT2D eigenvalue weighted by Crippen LogP contribution is -2.00. The number of hydrogen-bond donors (Lipinski definition) is 1. The summed E-state index contributed by atoms with van der Waals surface area (Å²) in [5.41, 5.74) is 5.29. The summed E-state index contributed by atoms with van der Waals surface area (Å²) in [6, 6.07) is 0. The van der Waals surface area contributed by atoms with Crippen LogP contribution in [0.5, 0.6) is 0 Å². The molecule has 0 aromatic carbocycles. The third kappa shape index (κ3) is 1.23. The summed E-state index contributed by atoms with van der Waals surface area (Å²) in [6.45, 7) is 1.56. The van der Waals surface area contributed by atoms with E-state index in [1.54, 1.807) is 0 Å². The predicted molar refractivity (Wildman–Crippen MR) is 32.3 cm³/mol. The van der Waals surface area contributed by atoms with Gasteiger partial charge in [0.15, 0.2) is 0 Å². The SMILES string of the molecule is NCCC1=CCCO1. The maximum absolute atomic E-state index is 5.29. The first-order valence-electron chi connectivity index (χ1n) is 2.95. The van der Waals surface area contributed by atoms with Crippen LogP contribution in [-0.4, -0.2) is 13.2 Å². The third-order valence-corrected chi connectivity index (χ3v) is 1.17. The van der Waals surface area contributed by atoms with E-state index in [1.165, 1.54) is 0 Å². The van der Waals surface area contributed by atoms with Gasteiger partial charge in [-0.25, -0.2) is 0 Å². The van der Waals surface area contributed by atoms with Gasteiger partial charge >= 0.3 is 0 Å². The van der Waals surface area contributed by atoms with E-state index in [0.29, 0.717) is 6.54 Å². The second-order valence-electron chi connectivity index (χ2n) is 1.85. The summed E-state index contributed by atoms with van der Waals surface area (Å²) >= 11 is 0. The molecule has 0 bridgehead atoms. The van der Waals surface area contributed by atoms with Gasteiger partial charge in [0.25, 0.3) is 0 Å². The maximum Gasteiger partial charge on any atom is 0.0934 e. The van der Waals surface area contributed by atoms with Gasteiger partial charge in [0.05, 0.1) is 12.4 Å². The molecule has 0 aliphatic carbocycles. The molecule has 0 saturated heterocycles. The van der Waals surface area contributed by atoms with Crippen molar-refractivity contribution in [3.05, 3.63) is 11.8 Å². The summed E-state index contributed by atoms with van der Waals surface area (Å²) in [6.07, 6.45) is 4.07. The Morgan fingerprint density at radius 1 is 1.75 bits per heavy atom. The van der Waals surface area contributed by atoms with E-state index in [1.807, 2.05) is 0 Å². The van der Waals surface area contributed by atoms with Gasteiger partial charge in [-0.1, -0.05) is 0 Å². The highest BCUT2D eigenvalue weighted by molar-refractivity contribution is 4.97. The third-order valence-electron chi connectivity index (χ3n) is 1.17. The Labute approximate surface area is 49.3 Å². The Kier molecular flexibility index (Phi) is 1.92. The summed E-state index contributed by atoms with van der Waals surface area (Å²) in [7, 11) is 0. The normalized spacial score (nSPS) is 17.9. The molecule has 0 atom stereocenters. The summed E-state index contributed by atoms with van der Waals surface area (Å²) in [5, 5.41) is 0. The monoisotopic (exact) mass is 113 g/mol. The van der Waals surface area contributed by atoms with E-state index >= 15 is 0 Å². The lowest BCUT2D eigenvalue weighted by Gasteiger charge is -1.98. The Morgan fingerprint density at radius 3 is 3.12 bits per heavy atom. The molecule has 0 saturated carbocycles. The highest BCUT2D eigenvalue weighted by Gasteiger charge is 2.01. The van der Waals surface area contributed by atoms with Crippen molar-refractivity contribution in [1.82, 2.24) is 0 Å². The van der Waals surface area contributed by atoms with Crippen molar-refractivity contribution >= 4 is 0 Å². The van der Waals surface area contributed by atoms with E-state index in [4.69, 9.17) is 10.5 Å². The van der Waals surface area contributed by atoms with Gasteiger partial charge in [-0.05, 0) is 12.6 Å². The molecule has 0 aromatic heterocycles. The fraction of sp³-hybridized carbons (Fsp3) is 0.667. The Bertz CT molecular complexity index is 98.7. The molecule has 1 heterocycles. The second kappa shape index (κ2) is 2.72. The van der Waals surface area contributed by atoms with Gasteiger partial charge in [-0.15, -0.1) is 0 Å². The minimum atomic E-state index is 0.700. The predicted octanol–water partition coefficient (Wildman–Crippen LogP) is 0.639. The van der Waals surface area contributed by atoms with Crippen LogP contribution < -0.4 is 5.73 Å². The molecule has 1 aliphatic rings. The number of rotatable bonds is 2. The van der Waals surface area contributed by atoms with Crippen molar-refractivity contribution in [2.75, 3.05) is 13.2 Å². The van der Waals surface area contributed by atoms with Crippen LogP contribution in [-0.2, 0) is 4.74 Å². The maximum atomic E-state index is 5.29. The van der Waals surface area contributed by atoms with Gasteiger partial charge in [0.1, 0.15) is 0 Å². The van der Waals surface area contributed by atoms with E-state index in [-0.39, 0.29) is 0 Å². The molecular weight excluding hydrogens is 102 g/mol. The first-order valence-corrected chi connectivity index (χ1v) is 2.95. The van der Waals surface area contributed by atoms with Gasteiger partial charge in [-0.3, -0.25) is 0 Å². The van der Waals surface area contributed by atoms with Crippen molar-refractivity contribution in [2.45, 2.75) is 12.8 Å². The van der Waals surface area contributed by atoms with Crippen LogP contribution >= 0.6 is 0 Å². The molecular formula is C6H11NO. The molecule has 0 fully saturated rings. The van der Waals surface area contributed by atoms with Crippen molar-refractivity contribution in [3.63, 3.8) is 0 Å². The zero-order valence-electron chi connectivity index (χ0n) is 4.89. The molecule has 1 rings (SSSR count). The summed E-state index contributed by atoms with van der Waals surface area (Å²) in [4.78, 5) is 0. The standard InChI is InChI=1S/C6H11NO/c7-4-3-6-2-1-5-8-6/h2H,1,3-5,7H2. The minimum absolute atomic E-state index is 0.700. The zero-order valence-corrected chi connectivity index (χ0v) is 4.89. The fourth-order valence-electron chi connectivity index (χ4n) is 0.785. The molecule has 1 aliphatic heterocycles. The largest absolute Gasteiger partial charge is 0.498 e. The number of nitrogens with two attached hydrogens (primary N) is 1. The van der Waals surface area contributed by atoms with Crippen molar-refractivity contribution in [1.29, 1.82) is 0 Å². The first-order chi connectivity index (χ1) is 3.93. The molecule has 2 N–H and O–H groups in total. The van der Waals surface area contributed by atoms with Crippen LogP contribution in [0.4, 0.5) is 0 Å². The van der Waals surface area contributed by atoms with E-state index < -0.39 is 0 Å². The van der Waals surface area contributed by atoms with Crippen molar-refractivity contribution in [3.8, 4) is 0 Å². The van der Waals surface area contributed by atoms with Gasteiger partial charge in [0.2, 0.25) is 0 Å². The van der Waals surface area contributed by atoms with Gasteiger partial charge in [-0.2, -0.15) is 0 Å². The smallest absolute Gasteiger partial charge is 0.0934 e. The number of hydrogen-bond acceptors (Lipinski definition) is 2.